The van der Waals surface area contributed by atoms with Gasteiger partial charge in [-0.2, -0.15) is 0 Å². The number of fused-ring (bicyclic) bond motifs is 1. The van der Waals surface area contributed by atoms with Crippen molar-refractivity contribution in [3.8, 4) is 0 Å². The van der Waals surface area contributed by atoms with Gasteiger partial charge in [0.15, 0.2) is 0 Å². The van der Waals surface area contributed by atoms with Gasteiger partial charge in [0.25, 0.3) is 0 Å². The monoisotopic (exact) mass is 491 g/mol. The summed E-state index contributed by atoms with van der Waals surface area (Å²) in [5, 5.41) is 14.6. The SMILES string of the molecule is CC(C)NCC(C(=O)N1CCN(c2ncnc3c2[C@H](C)C[C@@H]3O)CC1)c1ccc(Cl)c(Cl)c1. The van der Waals surface area contributed by atoms with Crippen LogP contribution in [0, 0.1) is 0 Å². The summed E-state index contributed by atoms with van der Waals surface area (Å²) in [6, 6.07) is 5.68. The van der Waals surface area contributed by atoms with E-state index >= 15 is 0 Å². The molecule has 7 nitrogen and oxygen atoms in total. The Balaban J connectivity index is 1.49. The van der Waals surface area contributed by atoms with E-state index in [4.69, 9.17) is 23.2 Å². The summed E-state index contributed by atoms with van der Waals surface area (Å²) in [5.74, 6) is 0.843. The molecule has 1 unspecified atom stereocenters. The Bertz CT molecular complexity index is 1010. The van der Waals surface area contributed by atoms with Crippen molar-refractivity contribution in [3.63, 3.8) is 0 Å². The minimum absolute atomic E-state index is 0.0814. The van der Waals surface area contributed by atoms with Crippen molar-refractivity contribution in [3.05, 3.63) is 51.4 Å². The predicted molar refractivity (Wildman–Crippen MR) is 131 cm³/mol. The topological polar surface area (TPSA) is 81.6 Å². The molecule has 4 rings (SSSR count). The van der Waals surface area contributed by atoms with Crippen LogP contribution in [0.4, 0.5) is 5.82 Å². The van der Waals surface area contributed by atoms with Gasteiger partial charge in [0, 0.05) is 44.3 Å². The lowest BCUT2D eigenvalue weighted by atomic mass is 9.96. The van der Waals surface area contributed by atoms with Gasteiger partial charge in [-0.15, -0.1) is 0 Å². The van der Waals surface area contributed by atoms with Crippen LogP contribution in [0.3, 0.4) is 0 Å². The van der Waals surface area contributed by atoms with Crippen LogP contribution in [-0.2, 0) is 4.79 Å². The number of hydrogen-bond acceptors (Lipinski definition) is 6. The standard InChI is InChI=1S/C24H31Cl2N5O2/c1-14(2)27-12-17(16-4-5-18(25)19(26)11-16)24(33)31-8-6-30(7-9-31)23-21-15(3)10-20(32)22(21)28-13-29-23/h4-5,11,13-15,17,20,27,32H,6-10,12H2,1-3H3/t15-,17?,20+/m1/s1. The molecule has 2 aromatic rings. The minimum Gasteiger partial charge on any atom is -0.387 e. The summed E-state index contributed by atoms with van der Waals surface area (Å²) in [5.41, 5.74) is 2.64. The zero-order valence-corrected chi connectivity index (χ0v) is 20.8. The van der Waals surface area contributed by atoms with Crippen molar-refractivity contribution >= 4 is 34.9 Å². The summed E-state index contributed by atoms with van der Waals surface area (Å²) < 4.78 is 0. The molecule has 1 aromatic carbocycles. The fraction of sp³-hybridized carbons (Fsp3) is 0.542. The third kappa shape index (κ3) is 5.11. The Labute approximate surface area is 205 Å². The molecule has 33 heavy (non-hydrogen) atoms. The quantitative estimate of drug-likeness (QED) is 0.640. The molecule has 3 atom stereocenters. The number of benzene rings is 1. The lowest BCUT2D eigenvalue weighted by molar-refractivity contribution is -0.133. The molecule has 1 aromatic heterocycles. The summed E-state index contributed by atoms with van der Waals surface area (Å²) >= 11 is 12.4. The van der Waals surface area contributed by atoms with E-state index in [2.05, 4.69) is 41.0 Å². The number of hydrogen-bond donors (Lipinski definition) is 2. The Morgan fingerprint density at radius 2 is 1.91 bits per heavy atom. The second-order valence-electron chi connectivity index (χ2n) is 9.25. The number of aromatic nitrogens is 2. The highest BCUT2D eigenvalue weighted by Gasteiger charge is 2.35. The van der Waals surface area contributed by atoms with Crippen LogP contribution >= 0.6 is 23.2 Å². The Hall–Kier alpha value is -1.93. The average molecular weight is 492 g/mol. The van der Waals surface area contributed by atoms with Crippen LogP contribution in [0.2, 0.25) is 10.0 Å². The number of anilines is 1. The van der Waals surface area contributed by atoms with Gasteiger partial charge in [-0.1, -0.05) is 50.0 Å². The van der Waals surface area contributed by atoms with Crippen LogP contribution in [0.5, 0.6) is 0 Å². The van der Waals surface area contributed by atoms with Gasteiger partial charge in [0.05, 0.1) is 27.8 Å². The number of aliphatic hydroxyl groups is 1. The number of carbonyl (C=O) groups is 1. The number of aliphatic hydroxyl groups excluding tert-OH is 1. The molecular weight excluding hydrogens is 461 g/mol. The number of carbonyl (C=O) groups excluding carboxylic acids is 1. The number of nitrogens with one attached hydrogen (secondary N) is 1. The third-order valence-corrected chi connectivity index (χ3v) is 7.28. The fourth-order valence-corrected chi connectivity index (χ4v) is 5.05. The molecule has 9 heteroatoms. The first-order chi connectivity index (χ1) is 15.8. The van der Waals surface area contributed by atoms with E-state index in [1.165, 1.54) is 6.33 Å². The molecule has 1 aliphatic heterocycles. The number of piperazine rings is 1. The lowest BCUT2D eigenvalue weighted by Gasteiger charge is -2.38. The highest BCUT2D eigenvalue weighted by molar-refractivity contribution is 6.42. The van der Waals surface area contributed by atoms with Crippen molar-refractivity contribution < 1.29 is 9.90 Å². The van der Waals surface area contributed by atoms with Crippen molar-refractivity contribution in [2.75, 3.05) is 37.6 Å². The maximum atomic E-state index is 13.6. The van der Waals surface area contributed by atoms with E-state index in [1.807, 2.05) is 11.0 Å². The van der Waals surface area contributed by atoms with Crippen molar-refractivity contribution in [1.82, 2.24) is 20.2 Å². The van der Waals surface area contributed by atoms with Crippen LogP contribution < -0.4 is 10.2 Å². The molecule has 2 heterocycles. The van der Waals surface area contributed by atoms with Gasteiger partial charge < -0.3 is 20.2 Å². The Morgan fingerprint density at radius 1 is 1.18 bits per heavy atom. The highest BCUT2D eigenvalue weighted by Crippen LogP contribution is 2.42. The molecule has 1 amide bonds. The smallest absolute Gasteiger partial charge is 0.231 e. The first kappa shape index (κ1) is 24.2. The van der Waals surface area contributed by atoms with Gasteiger partial charge >= 0.3 is 0 Å². The van der Waals surface area contributed by atoms with Crippen molar-refractivity contribution in [1.29, 1.82) is 0 Å². The molecule has 2 aliphatic rings. The van der Waals surface area contributed by atoms with Crippen molar-refractivity contribution in [2.45, 2.75) is 51.2 Å². The van der Waals surface area contributed by atoms with E-state index in [0.29, 0.717) is 49.2 Å². The Kier molecular flexibility index (Phi) is 7.43. The first-order valence-corrected chi connectivity index (χ1v) is 12.3. The third-order valence-electron chi connectivity index (χ3n) is 6.54. The maximum absolute atomic E-state index is 13.6. The predicted octanol–water partition coefficient (Wildman–Crippen LogP) is 3.75. The summed E-state index contributed by atoms with van der Waals surface area (Å²) in [4.78, 5) is 26.6. The van der Waals surface area contributed by atoms with Gasteiger partial charge in [-0.3, -0.25) is 4.79 Å². The molecule has 1 fully saturated rings. The number of nitrogens with zero attached hydrogens (tertiary/aromatic N) is 4. The van der Waals surface area contributed by atoms with Gasteiger partial charge in [-0.25, -0.2) is 9.97 Å². The summed E-state index contributed by atoms with van der Waals surface area (Å²) in [6.07, 6.45) is 1.68. The normalized spacial score (nSPS) is 21.4. The van der Waals surface area contributed by atoms with Crippen molar-refractivity contribution in [2.24, 2.45) is 0 Å². The molecule has 0 spiro atoms. The van der Waals surface area contributed by atoms with E-state index < -0.39 is 6.10 Å². The van der Waals surface area contributed by atoms with E-state index in [-0.39, 0.29) is 23.8 Å². The number of rotatable bonds is 6. The molecular formula is C24H31Cl2N5O2. The highest BCUT2D eigenvalue weighted by atomic mass is 35.5. The zero-order valence-electron chi connectivity index (χ0n) is 19.3. The average Bonchev–Trinajstić information content (AvgIpc) is 3.09. The molecule has 1 aliphatic carbocycles. The van der Waals surface area contributed by atoms with E-state index in [9.17, 15) is 9.90 Å². The molecule has 0 radical (unpaired) electrons. The van der Waals surface area contributed by atoms with Crippen LogP contribution in [0.1, 0.15) is 62.0 Å². The Morgan fingerprint density at radius 3 is 2.58 bits per heavy atom. The van der Waals surface area contributed by atoms with Crippen LogP contribution in [-0.4, -0.2) is 64.6 Å². The van der Waals surface area contributed by atoms with Crippen LogP contribution in [0.15, 0.2) is 24.5 Å². The van der Waals surface area contributed by atoms with Gasteiger partial charge in [0.1, 0.15) is 12.1 Å². The first-order valence-electron chi connectivity index (χ1n) is 11.5. The molecule has 0 bridgehead atoms. The molecule has 0 saturated carbocycles. The second-order valence-corrected chi connectivity index (χ2v) is 10.1. The van der Waals surface area contributed by atoms with E-state index in [1.54, 1.807) is 12.1 Å². The molecule has 1 saturated heterocycles. The van der Waals surface area contributed by atoms with Gasteiger partial charge in [0.2, 0.25) is 5.91 Å². The number of amides is 1. The summed E-state index contributed by atoms with van der Waals surface area (Å²) in [6.45, 7) is 9.34. The minimum atomic E-state index is -0.528. The summed E-state index contributed by atoms with van der Waals surface area (Å²) in [7, 11) is 0. The lowest BCUT2D eigenvalue weighted by Crippen LogP contribution is -2.51. The number of halogens is 2. The van der Waals surface area contributed by atoms with E-state index in [0.717, 1.165) is 22.6 Å². The fourth-order valence-electron chi connectivity index (χ4n) is 4.74. The second kappa shape index (κ2) is 10.1. The maximum Gasteiger partial charge on any atom is 0.231 e. The van der Waals surface area contributed by atoms with Gasteiger partial charge in [-0.05, 0) is 30.0 Å². The zero-order chi connectivity index (χ0) is 23.7. The largest absolute Gasteiger partial charge is 0.387 e. The molecule has 178 valence electrons. The molecule has 2 N–H and O–H groups in total. The van der Waals surface area contributed by atoms with Crippen LogP contribution in [0.25, 0.3) is 0 Å².